The number of rotatable bonds is 5. The molecule has 0 aromatic heterocycles. The van der Waals surface area contributed by atoms with Crippen molar-refractivity contribution in [2.24, 2.45) is 0 Å². The van der Waals surface area contributed by atoms with E-state index in [0.717, 1.165) is 22.6 Å². The normalized spacial score (nSPS) is 10.0. The van der Waals surface area contributed by atoms with E-state index in [1.807, 2.05) is 84.9 Å². The van der Waals surface area contributed by atoms with Gasteiger partial charge in [0.15, 0.2) is 5.11 Å². The second-order valence-electron chi connectivity index (χ2n) is 5.74. The number of carbonyl (C=O) groups excluding carboxylic acids is 1. The Bertz CT molecular complexity index is 811. The van der Waals surface area contributed by atoms with Gasteiger partial charge in [-0.15, -0.1) is 0 Å². The molecule has 1 amide bonds. The smallest absolute Gasteiger partial charge is 0.228 e. The lowest BCUT2D eigenvalue weighted by atomic mass is 10.1. The zero-order chi connectivity index (χ0) is 18.2. The summed E-state index contributed by atoms with van der Waals surface area (Å²) in [5.74, 6) is -0.0571. The predicted molar refractivity (Wildman–Crippen MR) is 112 cm³/mol. The molecule has 3 N–H and O–H groups in total. The Hall–Kier alpha value is -3.18. The number of carbonyl (C=O) groups is 1. The van der Waals surface area contributed by atoms with Crippen LogP contribution in [0, 0.1) is 0 Å². The van der Waals surface area contributed by atoms with Crippen molar-refractivity contribution < 1.29 is 4.79 Å². The van der Waals surface area contributed by atoms with Gasteiger partial charge in [-0.3, -0.25) is 4.79 Å². The van der Waals surface area contributed by atoms with Crippen LogP contribution in [0.4, 0.5) is 17.1 Å². The van der Waals surface area contributed by atoms with E-state index in [1.165, 1.54) is 0 Å². The molecule has 3 aromatic carbocycles. The molecular weight excluding hydrogens is 342 g/mol. The van der Waals surface area contributed by atoms with Crippen LogP contribution < -0.4 is 16.0 Å². The monoisotopic (exact) mass is 361 g/mol. The first-order chi connectivity index (χ1) is 12.7. The molecule has 4 nitrogen and oxygen atoms in total. The summed E-state index contributed by atoms with van der Waals surface area (Å²) < 4.78 is 0. The van der Waals surface area contributed by atoms with Crippen molar-refractivity contribution in [3.8, 4) is 0 Å². The average Bonchev–Trinajstić information content (AvgIpc) is 2.63. The highest BCUT2D eigenvalue weighted by Gasteiger charge is 2.05. The molecule has 0 radical (unpaired) electrons. The van der Waals surface area contributed by atoms with Crippen molar-refractivity contribution >= 4 is 40.3 Å². The van der Waals surface area contributed by atoms with Gasteiger partial charge in [-0.2, -0.15) is 0 Å². The SMILES string of the molecule is O=C(Cc1ccccc1)Nc1cccc(NC(=S)Nc2ccccc2)c1. The second kappa shape index (κ2) is 8.78. The largest absolute Gasteiger partial charge is 0.332 e. The summed E-state index contributed by atoms with van der Waals surface area (Å²) in [6.45, 7) is 0. The van der Waals surface area contributed by atoms with Crippen LogP contribution in [0.1, 0.15) is 5.56 Å². The summed E-state index contributed by atoms with van der Waals surface area (Å²) in [7, 11) is 0. The van der Waals surface area contributed by atoms with E-state index in [4.69, 9.17) is 12.2 Å². The fraction of sp³-hybridized carbons (Fsp3) is 0.0476. The fourth-order valence-electron chi connectivity index (χ4n) is 2.48. The molecule has 0 aliphatic heterocycles. The Balaban J connectivity index is 1.57. The molecule has 3 aromatic rings. The molecular formula is C21H19N3OS. The molecule has 5 heteroatoms. The zero-order valence-corrected chi connectivity index (χ0v) is 14.9. The molecule has 0 heterocycles. The lowest BCUT2D eigenvalue weighted by Crippen LogP contribution is -2.19. The first-order valence-electron chi connectivity index (χ1n) is 8.26. The minimum absolute atomic E-state index is 0.0571. The van der Waals surface area contributed by atoms with Gasteiger partial charge in [-0.1, -0.05) is 54.6 Å². The van der Waals surface area contributed by atoms with Crippen molar-refractivity contribution in [1.29, 1.82) is 0 Å². The van der Waals surface area contributed by atoms with Crippen molar-refractivity contribution in [2.45, 2.75) is 6.42 Å². The third kappa shape index (κ3) is 5.43. The number of amides is 1. The Morgan fingerprint density at radius 2 is 1.23 bits per heavy atom. The summed E-state index contributed by atoms with van der Waals surface area (Å²) in [5, 5.41) is 9.64. The number of anilines is 3. The molecule has 0 aliphatic rings. The Morgan fingerprint density at radius 1 is 0.692 bits per heavy atom. The molecule has 0 unspecified atom stereocenters. The molecule has 0 fully saturated rings. The summed E-state index contributed by atoms with van der Waals surface area (Å²) in [6.07, 6.45) is 0.340. The standard InChI is InChI=1S/C21H19N3OS/c25-20(14-16-8-3-1-4-9-16)22-18-12-7-13-19(15-18)24-21(26)23-17-10-5-2-6-11-17/h1-13,15H,14H2,(H,22,25)(H2,23,24,26). The summed E-state index contributed by atoms with van der Waals surface area (Å²) in [4.78, 5) is 12.2. The van der Waals surface area contributed by atoms with Gasteiger partial charge in [0.2, 0.25) is 5.91 Å². The maximum Gasteiger partial charge on any atom is 0.228 e. The summed E-state index contributed by atoms with van der Waals surface area (Å²) in [5.41, 5.74) is 3.42. The molecule has 0 spiro atoms. The van der Waals surface area contributed by atoms with Gasteiger partial charge in [-0.25, -0.2) is 0 Å². The maximum absolute atomic E-state index is 12.2. The molecule has 26 heavy (non-hydrogen) atoms. The van der Waals surface area contributed by atoms with Gasteiger partial charge < -0.3 is 16.0 Å². The molecule has 0 saturated heterocycles. The fourth-order valence-corrected chi connectivity index (χ4v) is 2.71. The van der Waals surface area contributed by atoms with E-state index in [0.29, 0.717) is 11.5 Å². The Morgan fingerprint density at radius 3 is 1.92 bits per heavy atom. The highest BCUT2D eigenvalue weighted by atomic mass is 32.1. The quantitative estimate of drug-likeness (QED) is 0.578. The maximum atomic E-state index is 12.2. The van der Waals surface area contributed by atoms with Crippen LogP contribution in [0.2, 0.25) is 0 Å². The Labute approximate surface area is 158 Å². The van der Waals surface area contributed by atoms with Crippen LogP contribution in [0.15, 0.2) is 84.9 Å². The van der Waals surface area contributed by atoms with E-state index in [1.54, 1.807) is 0 Å². The van der Waals surface area contributed by atoms with Gasteiger partial charge in [0, 0.05) is 17.1 Å². The van der Waals surface area contributed by atoms with Gasteiger partial charge in [0.1, 0.15) is 0 Å². The van der Waals surface area contributed by atoms with E-state index in [2.05, 4.69) is 16.0 Å². The lowest BCUT2D eigenvalue weighted by Gasteiger charge is -2.12. The number of para-hydroxylation sites is 1. The van der Waals surface area contributed by atoms with E-state index in [-0.39, 0.29) is 5.91 Å². The highest BCUT2D eigenvalue weighted by Crippen LogP contribution is 2.16. The number of benzene rings is 3. The van der Waals surface area contributed by atoms with Crippen molar-refractivity contribution in [2.75, 3.05) is 16.0 Å². The zero-order valence-electron chi connectivity index (χ0n) is 14.1. The first kappa shape index (κ1) is 17.6. The molecule has 3 rings (SSSR count). The predicted octanol–water partition coefficient (Wildman–Crippen LogP) is 4.68. The van der Waals surface area contributed by atoms with Crippen LogP contribution >= 0.6 is 12.2 Å². The highest BCUT2D eigenvalue weighted by molar-refractivity contribution is 7.80. The molecule has 0 bridgehead atoms. The van der Waals surface area contributed by atoms with E-state index >= 15 is 0 Å². The van der Waals surface area contributed by atoms with Crippen LogP contribution in [0.5, 0.6) is 0 Å². The number of nitrogens with one attached hydrogen (secondary N) is 3. The van der Waals surface area contributed by atoms with Crippen molar-refractivity contribution in [3.05, 3.63) is 90.5 Å². The summed E-state index contributed by atoms with van der Waals surface area (Å²) >= 11 is 5.33. The van der Waals surface area contributed by atoms with Crippen LogP contribution in [-0.4, -0.2) is 11.0 Å². The summed E-state index contributed by atoms with van der Waals surface area (Å²) in [6, 6.07) is 26.8. The minimum atomic E-state index is -0.0571. The first-order valence-corrected chi connectivity index (χ1v) is 8.67. The third-order valence-electron chi connectivity index (χ3n) is 3.64. The molecule has 0 aliphatic carbocycles. The minimum Gasteiger partial charge on any atom is -0.332 e. The number of thiocarbonyl (C=S) groups is 1. The van der Waals surface area contributed by atoms with Gasteiger partial charge in [0.05, 0.1) is 6.42 Å². The number of hydrogen-bond donors (Lipinski definition) is 3. The van der Waals surface area contributed by atoms with Crippen molar-refractivity contribution in [3.63, 3.8) is 0 Å². The Kier molecular flexibility index (Phi) is 5.96. The molecule has 0 saturated carbocycles. The van der Waals surface area contributed by atoms with Gasteiger partial charge >= 0.3 is 0 Å². The third-order valence-corrected chi connectivity index (χ3v) is 3.85. The van der Waals surface area contributed by atoms with E-state index in [9.17, 15) is 4.79 Å². The molecule has 0 atom stereocenters. The van der Waals surface area contributed by atoms with Crippen LogP contribution in [-0.2, 0) is 11.2 Å². The molecule has 130 valence electrons. The van der Waals surface area contributed by atoms with Gasteiger partial charge in [0.25, 0.3) is 0 Å². The lowest BCUT2D eigenvalue weighted by molar-refractivity contribution is -0.115. The van der Waals surface area contributed by atoms with Crippen molar-refractivity contribution in [1.82, 2.24) is 0 Å². The van der Waals surface area contributed by atoms with Gasteiger partial charge in [-0.05, 0) is 48.1 Å². The second-order valence-corrected chi connectivity index (χ2v) is 6.14. The average molecular weight is 361 g/mol. The van der Waals surface area contributed by atoms with Crippen LogP contribution in [0.25, 0.3) is 0 Å². The van der Waals surface area contributed by atoms with E-state index < -0.39 is 0 Å². The van der Waals surface area contributed by atoms with Crippen LogP contribution in [0.3, 0.4) is 0 Å². The topological polar surface area (TPSA) is 53.2 Å². The number of hydrogen-bond acceptors (Lipinski definition) is 2.